The summed E-state index contributed by atoms with van der Waals surface area (Å²) in [6, 6.07) is 15.1. The Labute approximate surface area is 161 Å². The number of imidazole rings is 1. The predicted octanol–water partition coefficient (Wildman–Crippen LogP) is 2.91. The number of benzene rings is 2. The molecule has 0 fully saturated rings. The summed E-state index contributed by atoms with van der Waals surface area (Å²) < 4.78 is 7.52. The summed E-state index contributed by atoms with van der Waals surface area (Å²) in [6.07, 6.45) is 0. The molecule has 0 saturated carbocycles. The highest BCUT2D eigenvalue weighted by atomic mass is 127. The van der Waals surface area contributed by atoms with Gasteiger partial charge >= 0.3 is 0 Å². The summed E-state index contributed by atoms with van der Waals surface area (Å²) in [4.78, 5) is 17.1. The second kappa shape index (κ2) is 6.75. The van der Waals surface area contributed by atoms with Crippen LogP contribution in [0, 0.1) is 3.57 Å². The molecule has 0 bridgehead atoms. The van der Waals surface area contributed by atoms with Crippen molar-refractivity contribution in [3.8, 4) is 11.5 Å². The van der Waals surface area contributed by atoms with Gasteiger partial charge in [0.25, 0.3) is 0 Å². The molecule has 2 aromatic carbocycles. The number of hydrogen-bond donors (Lipinski definition) is 2. The molecule has 0 unspecified atom stereocenters. The van der Waals surface area contributed by atoms with Crippen molar-refractivity contribution in [2.24, 2.45) is 0 Å². The molecule has 2 heterocycles. The van der Waals surface area contributed by atoms with Gasteiger partial charge in [-0.25, -0.2) is 9.61 Å². The van der Waals surface area contributed by atoms with Crippen LogP contribution in [0.15, 0.2) is 53.2 Å². The fourth-order valence-electron chi connectivity index (χ4n) is 2.64. The number of rotatable bonds is 4. The zero-order valence-corrected chi connectivity index (χ0v) is 15.5. The highest BCUT2D eigenvalue weighted by molar-refractivity contribution is 14.1. The van der Waals surface area contributed by atoms with Gasteiger partial charge in [-0.3, -0.25) is 4.79 Å². The van der Waals surface area contributed by atoms with Crippen LogP contribution in [-0.2, 0) is 11.3 Å². The molecule has 2 aromatic heterocycles. The van der Waals surface area contributed by atoms with E-state index in [2.05, 4.69) is 47.8 Å². The average Bonchev–Trinajstić information content (AvgIpc) is 3.21. The van der Waals surface area contributed by atoms with Crippen LogP contribution < -0.4 is 11.1 Å². The Morgan fingerprint density at radius 2 is 1.92 bits per heavy atom. The summed E-state index contributed by atoms with van der Waals surface area (Å²) in [6.45, 7) is 0.0497. The maximum atomic E-state index is 12.6. The quantitative estimate of drug-likeness (QED) is 0.453. The molecule has 0 spiro atoms. The zero-order chi connectivity index (χ0) is 18.1. The monoisotopic (exact) mass is 460 g/mol. The van der Waals surface area contributed by atoms with Crippen molar-refractivity contribution in [3.05, 3.63) is 52.1 Å². The van der Waals surface area contributed by atoms with Crippen LogP contribution in [0.2, 0.25) is 0 Å². The largest absolute Gasteiger partial charge is 0.379 e. The minimum atomic E-state index is -0.189. The molecule has 4 aromatic rings. The second-order valence-electron chi connectivity index (χ2n) is 5.56. The highest BCUT2D eigenvalue weighted by Gasteiger charge is 2.20. The van der Waals surface area contributed by atoms with Crippen molar-refractivity contribution in [2.75, 3.05) is 11.1 Å². The second-order valence-corrected chi connectivity index (χ2v) is 6.81. The number of anilines is 2. The minimum Gasteiger partial charge on any atom is -0.379 e. The number of amides is 1. The van der Waals surface area contributed by atoms with Gasteiger partial charge < -0.3 is 15.6 Å². The van der Waals surface area contributed by atoms with E-state index in [9.17, 15) is 4.79 Å². The Morgan fingerprint density at radius 3 is 2.65 bits per heavy atom. The van der Waals surface area contributed by atoms with Gasteiger partial charge in [-0.1, -0.05) is 12.1 Å². The molecule has 9 heteroatoms. The summed E-state index contributed by atoms with van der Waals surface area (Å²) >= 11 is 2.21. The van der Waals surface area contributed by atoms with E-state index in [1.54, 1.807) is 4.57 Å². The SMILES string of the molecule is Nc1nonc1-c1nc2ccccc2n1CC(=O)Nc1ccc(I)cc1. The first-order valence-corrected chi connectivity index (χ1v) is 8.79. The molecular formula is C17H13IN6O2. The molecule has 8 nitrogen and oxygen atoms in total. The third-order valence-corrected chi connectivity index (χ3v) is 4.53. The number of para-hydroxylation sites is 2. The van der Waals surface area contributed by atoms with Gasteiger partial charge in [0.2, 0.25) is 5.91 Å². The van der Waals surface area contributed by atoms with Gasteiger partial charge in [0.1, 0.15) is 6.54 Å². The molecule has 130 valence electrons. The number of nitrogens with zero attached hydrogens (tertiary/aromatic N) is 4. The van der Waals surface area contributed by atoms with Crippen molar-refractivity contribution >= 4 is 51.0 Å². The topological polar surface area (TPSA) is 112 Å². The summed E-state index contributed by atoms with van der Waals surface area (Å²) in [7, 11) is 0. The average molecular weight is 460 g/mol. The molecule has 3 N–H and O–H groups in total. The van der Waals surface area contributed by atoms with E-state index < -0.39 is 0 Å². The van der Waals surface area contributed by atoms with E-state index in [0.29, 0.717) is 11.5 Å². The van der Waals surface area contributed by atoms with Crippen molar-refractivity contribution < 1.29 is 9.42 Å². The van der Waals surface area contributed by atoms with Crippen molar-refractivity contribution in [1.82, 2.24) is 19.9 Å². The first-order valence-electron chi connectivity index (χ1n) is 7.71. The third-order valence-electron chi connectivity index (χ3n) is 3.81. The lowest BCUT2D eigenvalue weighted by Gasteiger charge is -2.09. The van der Waals surface area contributed by atoms with E-state index in [1.165, 1.54) is 0 Å². The molecule has 0 aliphatic carbocycles. The number of nitrogens with two attached hydrogens (primary N) is 1. The number of nitrogens with one attached hydrogen (secondary N) is 1. The summed E-state index contributed by atoms with van der Waals surface area (Å²) in [5.74, 6) is 0.368. The summed E-state index contributed by atoms with van der Waals surface area (Å²) in [5, 5.41) is 10.3. The minimum absolute atomic E-state index is 0.0497. The van der Waals surface area contributed by atoms with Gasteiger partial charge in [-0.15, -0.1) is 0 Å². The predicted molar refractivity (Wildman–Crippen MR) is 105 cm³/mol. The molecular weight excluding hydrogens is 447 g/mol. The van der Waals surface area contributed by atoms with Crippen LogP contribution in [-0.4, -0.2) is 25.8 Å². The van der Waals surface area contributed by atoms with E-state index in [1.807, 2.05) is 48.5 Å². The fourth-order valence-corrected chi connectivity index (χ4v) is 3.00. The standard InChI is InChI=1S/C17H13IN6O2/c18-10-5-7-11(8-6-10)20-14(25)9-24-13-4-2-1-3-12(13)21-17(24)15-16(19)23-26-22-15/h1-8H,9H2,(H2,19,23)(H,20,25). The van der Waals surface area contributed by atoms with Crippen LogP contribution in [0.5, 0.6) is 0 Å². The van der Waals surface area contributed by atoms with Crippen LogP contribution in [0.3, 0.4) is 0 Å². The molecule has 0 aliphatic heterocycles. The molecule has 0 aliphatic rings. The van der Waals surface area contributed by atoms with Gasteiger partial charge in [-0.05, 0) is 69.3 Å². The maximum absolute atomic E-state index is 12.6. The Hall–Kier alpha value is -2.95. The Kier molecular flexibility index (Phi) is 4.29. The lowest BCUT2D eigenvalue weighted by molar-refractivity contribution is -0.116. The van der Waals surface area contributed by atoms with E-state index in [-0.39, 0.29) is 18.3 Å². The van der Waals surface area contributed by atoms with Crippen molar-refractivity contribution in [3.63, 3.8) is 0 Å². The van der Waals surface area contributed by atoms with Crippen LogP contribution in [0.4, 0.5) is 11.5 Å². The number of nitrogen functional groups attached to an aromatic ring is 1. The molecule has 26 heavy (non-hydrogen) atoms. The van der Waals surface area contributed by atoms with Gasteiger partial charge in [0.05, 0.1) is 11.0 Å². The number of fused-ring (bicyclic) bond motifs is 1. The molecule has 0 radical (unpaired) electrons. The number of carbonyl (C=O) groups excluding carboxylic acids is 1. The molecule has 1 amide bonds. The smallest absolute Gasteiger partial charge is 0.244 e. The van der Waals surface area contributed by atoms with Gasteiger partial charge in [-0.2, -0.15) is 0 Å². The normalized spacial score (nSPS) is 11.0. The van der Waals surface area contributed by atoms with Crippen LogP contribution >= 0.6 is 22.6 Å². The van der Waals surface area contributed by atoms with Crippen molar-refractivity contribution in [2.45, 2.75) is 6.54 Å². The zero-order valence-electron chi connectivity index (χ0n) is 13.4. The Morgan fingerprint density at radius 1 is 1.15 bits per heavy atom. The lowest BCUT2D eigenvalue weighted by Crippen LogP contribution is -2.19. The Balaban J connectivity index is 1.70. The summed E-state index contributed by atoms with van der Waals surface area (Å²) in [5.41, 5.74) is 8.37. The van der Waals surface area contributed by atoms with Gasteiger partial charge in [0.15, 0.2) is 17.3 Å². The Bertz CT molecular complexity index is 1090. The number of carbonyl (C=O) groups is 1. The third kappa shape index (κ3) is 3.12. The van der Waals surface area contributed by atoms with E-state index in [4.69, 9.17) is 5.73 Å². The van der Waals surface area contributed by atoms with Gasteiger partial charge in [0, 0.05) is 9.26 Å². The molecule has 0 atom stereocenters. The highest BCUT2D eigenvalue weighted by Crippen LogP contribution is 2.26. The number of hydrogen-bond acceptors (Lipinski definition) is 6. The number of aromatic nitrogens is 4. The first kappa shape index (κ1) is 16.5. The number of halogens is 1. The molecule has 4 rings (SSSR count). The first-order chi connectivity index (χ1) is 12.6. The van der Waals surface area contributed by atoms with E-state index >= 15 is 0 Å². The molecule has 0 saturated heterocycles. The lowest BCUT2D eigenvalue weighted by atomic mass is 10.3. The maximum Gasteiger partial charge on any atom is 0.244 e. The van der Waals surface area contributed by atoms with Crippen LogP contribution in [0.1, 0.15) is 0 Å². The van der Waals surface area contributed by atoms with Crippen molar-refractivity contribution in [1.29, 1.82) is 0 Å². The fraction of sp³-hybridized carbons (Fsp3) is 0.0588. The van der Waals surface area contributed by atoms with E-state index in [0.717, 1.165) is 20.3 Å². The van der Waals surface area contributed by atoms with Crippen LogP contribution in [0.25, 0.3) is 22.6 Å².